The number of H-pyrrole nitrogens is 2. The lowest BCUT2D eigenvalue weighted by Crippen LogP contribution is -2.30. The first-order chi connectivity index (χ1) is 13.9. The Bertz CT molecular complexity index is 1260. The molecule has 0 radical (unpaired) electrons. The molecule has 28 heavy (non-hydrogen) atoms. The molecule has 0 aliphatic carbocycles. The van der Waals surface area contributed by atoms with Crippen molar-refractivity contribution in [2.24, 2.45) is 0 Å². The predicted molar refractivity (Wildman–Crippen MR) is 113 cm³/mol. The number of rotatable bonds is 2. The van der Waals surface area contributed by atoms with Gasteiger partial charge < -0.3 is 15.3 Å². The lowest BCUT2D eigenvalue weighted by Gasteiger charge is -2.25. The van der Waals surface area contributed by atoms with Crippen LogP contribution in [0.4, 0.5) is 0 Å². The molecular formula is C24H20N4. The van der Waals surface area contributed by atoms with Crippen molar-refractivity contribution in [2.45, 2.75) is 12.5 Å². The minimum atomic E-state index is 0.195. The number of para-hydroxylation sites is 3. The zero-order valence-electron chi connectivity index (χ0n) is 15.4. The summed E-state index contributed by atoms with van der Waals surface area (Å²) >= 11 is 0. The number of hydrogen-bond donors (Lipinski definition) is 3. The van der Waals surface area contributed by atoms with E-state index in [1.165, 1.54) is 27.7 Å². The number of fused-ring (bicyclic) bond motifs is 4. The van der Waals surface area contributed by atoms with E-state index in [1.54, 1.807) is 0 Å². The summed E-state index contributed by atoms with van der Waals surface area (Å²) in [5.41, 5.74) is 8.40. The number of imidazole rings is 1. The third-order valence-corrected chi connectivity index (χ3v) is 5.77. The van der Waals surface area contributed by atoms with Crippen molar-refractivity contribution >= 4 is 21.9 Å². The molecule has 3 heterocycles. The van der Waals surface area contributed by atoms with Gasteiger partial charge in [-0.25, -0.2) is 4.98 Å². The largest absolute Gasteiger partial charge is 0.357 e. The van der Waals surface area contributed by atoms with Crippen LogP contribution in [0.3, 0.4) is 0 Å². The van der Waals surface area contributed by atoms with Crippen LogP contribution >= 0.6 is 0 Å². The van der Waals surface area contributed by atoms with Crippen LogP contribution in [0, 0.1) is 0 Å². The Morgan fingerprint density at radius 3 is 2.43 bits per heavy atom. The summed E-state index contributed by atoms with van der Waals surface area (Å²) < 4.78 is 0. The SMILES string of the molecule is c1ccc2[nH]c(-c3ccc(C4NCCc5c4[nH]c4ccccc54)cc3)nc2c1. The van der Waals surface area contributed by atoms with E-state index in [4.69, 9.17) is 4.98 Å². The smallest absolute Gasteiger partial charge is 0.138 e. The van der Waals surface area contributed by atoms with Crippen molar-refractivity contribution in [3.63, 3.8) is 0 Å². The molecule has 1 unspecified atom stereocenters. The third kappa shape index (κ3) is 2.38. The average Bonchev–Trinajstić information content (AvgIpc) is 3.35. The molecule has 6 rings (SSSR count). The average molecular weight is 364 g/mol. The van der Waals surface area contributed by atoms with Gasteiger partial charge >= 0.3 is 0 Å². The molecule has 1 aliphatic heterocycles. The highest BCUT2D eigenvalue weighted by Crippen LogP contribution is 2.34. The molecule has 0 bridgehead atoms. The first kappa shape index (κ1) is 15.7. The Hall–Kier alpha value is -3.37. The van der Waals surface area contributed by atoms with Crippen molar-refractivity contribution in [3.05, 3.63) is 89.6 Å². The van der Waals surface area contributed by atoms with E-state index < -0.39 is 0 Å². The molecule has 2 aromatic heterocycles. The molecule has 136 valence electrons. The van der Waals surface area contributed by atoms with Crippen LogP contribution in [-0.2, 0) is 6.42 Å². The molecule has 3 N–H and O–H groups in total. The molecule has 5 aromatic rings. The van der Waals surface area contributed by atoms with Crippen LogP contribution in [-0.4, -0.2) is 21.5 Å². The summed E-state index contributed by atoms with van der Waals surface area (Å²) in [4.78, 5) is 11.8. The van der Waals surface area contributed by atoms with Gasteiger partial charge in [-0.05, 0) is 35.7 Å². The van der Waals surface area contributed by atoms with Crippen LogP contribution in [0.25, 0.3) is 33.3 Å². The highest BCUT2D eigenvalue weighted by atomic mass is 15.0. The Kier molecular flexibility index (Phi) is 3.40. The highest BCUT2D eigenvalue weighted by molar-refractivity contribution is 5.85. The molecule has 0 spiro atoms. The van der Waals surface area contributed by atoms with E-state index in [1.807, 2.05) is 18.2 Å². The summed E-state index contributed by atoms with van der Waals surface area (Å²) in [6.07, 6.45) is 1.06. The van der Waals surface area contributed by atoms with Gasteiger partial charge in [-0.3, -0.25) is 0 Å². The normalized spacial score (nSPS) is 16.5. The molecule has 4 nitrogen and oxygen atoms in total. The maximum absolute atomic E-state index is 4.71. The van der Waals surface area contributed by atoms with E-state index in [9.17, 15) is 0 Å². The van der Waals surface area contributed by atoms with E-state index in [2.05, 4.69) is 69.9 Å². The predicted octanol–water partition coefficient (Wildman–Crippen LogP) is 4.95. The monoisotopic (exact) mass is 364 g/mol. The Labute approximate surface area is 162 Å². The first-order valence-electron chi connectivity index (χ1n) is 9.75. The maximum atomic E-state index is 4.71. The molecule has 0 amide bonds. The van der Waals surface area contributed by atoms with Gasteiger partial charge in [0.1, 0.15) is 5.82 Å². The fourth-order valence-electron chi connectivity index (χ4n) is 4.39. The fraction of sp³-hybridized carbons (Fsp3) is 0.125. The topological polar surface area (TPSA) is 56.5 Å². The van der Waals surface area contributed by atoms with Gasteiger partial charge in [0.2, 0.25) is 0 Å². The van der Waals surface area contributed by atoms with E-state index in [-0.39, 0.29) is 6.04 Å². The van der Waals surface area contributed by atoms with Crippen LogP contribution in [0.1, 0.15) is 22.9 Å². The Balaban J connectivity index is 1.38. The lowest BCUT2D eigenvalue weighted by molar-refractivity contribution is 0.560. The van der Waals surface area contributed by atoms with Crippen molar-refractivity contribution in [1.82, 2.24) is 20.3 Å². The standard InChI is InChI=1S/C24H20N4/c1-2-6-19-17(5-1)18-13-14-25-22(23(18)26-19)15-9-11-16(12-10-15)24-27-20-7-3-4-8-21(20)28-24/h1-12,22,25-26H,13-14H2,(H,27,28). The highest BCUT2D eigenvalue weighted by Gasteiger charge is 2.25. The quantitative estimate of drug-likeness (QED) is 0.415. The Morgan fingerprint density at radius 1 is 0.786 bits per heavy atom. The maximum Gasteiger partial charge on any atom is 0.138 e. The van der Waals surface area contributed by atoms with Gasteiger partial charge in [-0.1, -0.05) is 54.6 Å². The second-order valence-corrected chi connectivity index (χ2v) is 7.42. The summed E-state index contributed by atoms with van der Waals surface area (Å²) in [5, 5.41) is 5.03. The van der Waals surface area contributed by atoms with Crippen LogP contribution in [0.5, 0.6) is 0 Å². The number of hydrogen-bond acceptors (Lipinski definition) is 2. The number of aromatic amines is 2. The van der Waals surface area contributed by atoms with E-state index >= 15 is 0 Å². The number of aromatic nitrogens is 3. The van der Waals surface area contributed by atoms with Gasteiger partial charge in [0, 0.05) is 28.7 Å². The van der Waals surface area contributed by atoms with Gasteiger partial charge in [0.25, 0.3) is 0 Å². The van der Waals surface area contributed by atoms with Gasteiger partial charge in [0.05, 0.1) is 17.1 Å². The summed E-state index contributed by atoms with van der Waals surface area (Å²) in [5.74, 6) is 0.913. The van der Waals surface area contributed by atoms with E-state index in [0.29, 0.717) is 0 Å². The molecule has 0 fully saturated rings. The lowest BCUT2D eigenvalue weighted by atomic mass is 9.94. The van der Waals surface area contributed by atoms with Gasteiger partial charge in [0.15, 0.2) is 0 Å². The number of nitrogens with one attached hydrogen (secondary N) is 3. The van der Waals surface area contributed by atoms with Gasteiger partial charge in [-0.2, -0.15) is 0 Å². The summed E-state index contributed by atoms with van der Waals surface area (Å²) in [6.45, 7) is 0.991. The molecule has 4 heteroatoms. The second-order valence-electron chi connectivity index (χ2n) is 7.42. The number of benzene rings is 3. The zero-order chi connectivity index (χ0) is 18.5. The van der Waals surface area contributed by atoms with Crippen molar-refractivity contribution in [3.8, 4) is 11.4 Å². The van der Waals surface area contributed by atoms with E-state index in [0.717, 1.165) is 35.4 Å². The molecule has 0 saturated carbocycles. The molecule has 1 aliphatic rings. The fourth-order valence-corrected chi connectivity index (χ4v) is 4.39. The minimum absolute atomic E-state index is 0.195. The Morgan fingerprint density at radius 2 is 1.57 bits per heavy atom. The zero-order valence-corrected chi connectivity index (χ0v) is 15.4. The first-order valence-corrected chi connectivity index (χ1v) is 9.75. The summed E-state index contributed by atoms with van der Waals surface area (Å²) in [7, 11) is 0. The number of nitrogens with zero attached hydrogens (tertiary/aromatic N) is 1. The van der Waals surface area contributed by atoms with Crippen molar-refractivity contribution in [1.29, 1.82) is 0 Å². The van der Waals surface area contributed by atoms with Crippen molar-refractivity contribution < 1.29 is 0 Å². The second kappa shape index (κ2) is 6.08. The molecular weight excluding hydrogens is 344 g/mol. The van der Waals surface area contributed by atoms with Crippen LogP contribution in [0.2, 0.25) is 0 Å². The summed E-state index contributed by atoms with van der Waals surface area (Å²) in [6, 6.07) is 25.7. The van der Waals surface area contributed by atoms with Crippen molar-refractivity contribution in [2.75, 3.05) is 6.54 Å². The molecule has 0 saturated heterocycles. The third-order valence-electron chi connectivity index (χ3n) is 5.77. The van der Waals surface area contributed by atoms with Gasteiger partial charge in [-0.15, -0.1) is 0 Å². The minimum Gasteiger partial charge on any atom is -0.357 e. The van der Waals surface area contributed by atoms with Crippen LogP contribution in [0.15, 0.2) is 72.8 Å². The molecule has 3 aromatic carbocycles. The van der Waals surface area contributed by atoms with Crippen LogP contribution < -0.4 is 5.32 Å². The molecule has 1 atom stereocenters.